The van der Waals surface area contributed by atoms with E-state index in [2.05, 4.69) is 5.43 Å². The van der Waals surface area contributed by atoms with E-state index in [0.29, 0.717) is 12.0 Å². The van der Waals surface area contributed by atoms with Crippen LogP contribution in [0.15, 0.2) is 36.4 Å². The molecule has 1 aliphatic rings. The van der Waals surface area contributed by atoms with Crippen molar-refractivity contribution in [2.24, 2.45) is 5.41 Å². The third-order valence-corrected chi connectivity index (χ3v) is 7.55. The van der Waals surface area contributed by atoms with Crippen molar-refractivity contribution in [1.29, 1.82) is 0 Å². The van der Waals surface area contributed by atoms with Crippen LogP contribution in [0.3, 0.4) is 0 Å². The molecule has 1 aliphatic heterocycles. The van der Waals surface area contributed by atoms with Gasteiger partial charge in [-0.1, -0.05) is 57.4 Å². The average molecular weight is 524 g/mol. The predicted octanol–water partition coefficient (Wildman–Crippen LogP) is 5.74. The third-order valence-electron chi connectivity index (χ3n) is 7.55. The fraction of sp³-hybridized carbons (Fsp3) is 0.533. The Labute approximate surface area is 227 Å². The van der Waals surface area contributed by atoms with Crippen molar-refractivity contribution < 1.29 is 23.3 Å². The standard InChI is InChI=1S/C30H42BFN2O4/c1-11-12-25(28(4,5)6)34(27(36)22-16-19(2)15-20(3)17-22)33-26(35)21-13-14-23(24(32)18-21)31-37-29(7,8)30(9,10)38-31/h13-18,25H,11-12H2,1-10H3,(H,33,35). The lowest BCUT2D eigenvalue weighted by Crippen LogP contribution is -2.56. The molecule has 0 saturated carbocycles. The van der Waals surface area contributed by atoms with Gasteiger partial charge in [0.15, 0.2) is 0 Å². The quantitative estimate of drug-likeness (QED) is 0.387. The van der Waals surface area contributed by atoms with Crippen LogP contribution in [0.5, 0.6) is 0 Å². The third kappa shape index (κ3) is 6.29. The maximum Gasteiger partial charge on any atom is 0.497 e. The average Bonchev–Trinajstić information content (AvgIpc) is 3.00. The second-order valence-corrected chi connectivity index (χ2v) is 12.5. The summed E-state index contributed by atoms with van der Waals surface area (Å²) in [4.78, 5) is 27.2. The summed E-state index contributed by atoms with van der Waals surface area (Å²) in [5.41, 5.74) is 4.02. The fourth-order valence-corrected chi connectivity index (χ4v) is 4.73. The van der Waals surface area contributed by atoms with Crippen molar-refractivity contribution in [1.82, 2.24) is 10.4 Å². The van der Waals surface area contributed by atoms with Gasteiger partial charge in [0.05, 0.1) is 17.2 Å². The van der Waals surface area contributed by atoms with E-state index in [4.69, 9.17) is 9.31 Å². The van der Waals surface area contributed by atoms with Gasteiger partial charge in [-0.3, -0.25) is 15.0 Å². The number of carbonyl (C=O) groups is 2. The van der Waals surface area contributed by atoms with Gasteiger partial charge in [-0.05, 0) is 77.6 Å². The van der Waals surface area contributed by atoms with Crippen molar-refractivity contribution in [3.63, 3.8) is 0 Å². The van der Waals surface area contributed by atoms with Gasteiger partial charge in [0, 0.05) is 16.6 Å². The summed E-state index contributed by atoms with van der Waals surface area (Å²) in [6.45, 7) is 19.6. The van der Waals surface area contributed by atoms with Crippen LogP contribution in [0, 0.1) is 25.1 Å². The molecule has 1 saturated heterocycles. The van der Waals surface area contributed by atoms with Gasteiger partial charge in [-0.15, -0.1) is 0 Å². The van der Waals surface area contributed by atoms with Crippen LogP contribution in [0.4, 0.5) is 4.39 Å². The first kappa shape index (κ1) is 29.8. The Morgan fingerprint density at radius 2 is 1.53 bits per heavy atom. The summed E-state index contributed by atoms with van der Waals surface area (Å²) in [5.74, 6) is -1.47. The van der Waals surface area contributed by atoms with Crippen LogP contribution in [-0.4, -0.2) is 41.2 Å². The minimum absolute atomic E-state index is 0.102. The molecule has 1 atom stereocenters. The summed E-state index contributed by atoms with van der Waals surface area (Å²) >= 11 is 0. The zero-order valence-corrected chi connectivity index (χ0v) is 24.5. The van der Waals surface area contributed by atoms with E-state index in [9.17, 15) is 9.59 Å². The van der Waals surface area contributed by atoms with E-state index in [1.807, 2.05) is 87.4 Å². The molecule has 206 valence electrons. The SMILES string of the molecule is CCCC(N(NC(=O)c1ccc(B2OC(C)(C)C(C)(C)O2)c(F)c1)C(=O)c1cc(C)cc(C)c1)C(C)(C)C. The number of benzene rings is 2. The van der Waals surface area contributed by atoms with Crippen molar-refractivity contribution >= 4 is 24.4 Å². The first-order valence-electron chi connectivity index (χ1n) is 13.3. The van der Waals surface area contributed by atoms with E-state index < -0.39 is 30.0 Å². The fourth-order valence-electron chi connectivity index (χ4n) is 4.73. The minimum Gasteiger partial charge on any atom is -0.399 e. The molecule has 0 aromatic heterocycles. The first-order valence-corrected chi connectivity index (χ1v) is 13.3. The van der Waals surface area contributed by atoms with Crippen LogP contribution in [0.25, 0.3) is 0 Å². The van der Waals surface area contributed by atoms with E-state index in [1.165, 1.54) is 23.2 Å². The molecule has 1 heterocycles. The molecule has 0 aliphatic carbocycles. The smallest absolute Gasteiger partial charge is 0.399 e. The van der Waals surface area contributed by atoms with Gasteiger partial charge in [0.25, 0.3) is 11.8 Å². The Balaban J connectivity index is 1.93. The topological polar surface area (TPSA) is 67.9 Å². The summed E-state index contributed by atoms with van der Waals surface area (Å²) in [6.07, 6.45) is 1.52. The van der Waals surface area contributed by atoms with Gasteiger partial charge >= 0.3 is 7.12 Å². The van der Waals surface area contributed by atoms with Gasteiger partial charge in [-0.25, -0.2) is 9.40 Å². The highest BCUT2D eigenvalue weighted by Crippen LogP contribution is 2.36. The van der Waals surface area contributed by atoms with Crippen LogP contribution >= 0.6 is 0 Å². The zero-order chi connectivity index (χ0) is 28.6. The molecule has 8 heteroatoms. The maximum atomic E-state index is 15.3. The lowest BCUT2D eigenvalue weighted by molar-refractivity contribution is 0.00578. The number of amides is 2. The van der Waals surface area contributed by atoms with E-state index in [-0.39, 0.29) is 28.4 Å². The first-order chi connectivity index (χ1) is 17.5. The molecule has 2 aromatic carbocycles. The van der Waals surface area contributed by atoms with E-state index in [0.717, 1.165) is 17.5 Å². The number of nitrogens with one attached hydrogen (secondary N) is 1. The van der Waals surface area contributed by atoms with Crippen molar-refractivity contribution in [3.05, 3.63) is 64.5 Å². The predicted molar refractivity (Wildman–Crippen MR) is 150 cm³/mol. The second kappa shape index (κ2) is 10.8. The molecule has 0 spiro atoms. The molecule has 3 rings (SSSR count). The summed E-state index contributed by atoms with van der Waals surface area (Å²) in [7, 11) is -0.880. The zero-order valence-electron chi connectivity index (χ0n) is 24.5. The number of nitrogens with zero attached hydrogens (tertiary/aromatic N) is 1. The maximum absolute atomic E-state index is 15.3. The molecule has 1 fully saturated rings. The molecule has 2 aromatic rings. The highest BCUT2D eigenvalue weighted by Gasteiger charge is 2.52. The largest absolute Gasteiger partial charge is 0.497 e. The Morgan fingerprint density at radius 1 is 0.974 bits per heavy atom. The molecule has 38 heavy (non-hydrogen) atoms. The molecule has 1 unspecified atom stereocenters. The highest BCUT2D eigenvalue weighted by molar-refractivity contribution is 6.62. The lowest BCUT2D eigenvalue weighted by atomic mass is 9.78. The number of hydrazine groups is 1. The van der Waals surface area contributed by atoms with E-state index in [1.54, 1.807) is 0 Å². The Hall–Kier alpha value is -2.71. The number of aryl methyl sites for hydroxylation is 2. The second-order valence-electron chi connectivity index (χ2n) is 12.5. The van der Waals surface area contributed by atoms with Gasteiger partial charge in [0.2, 0.25) is 0 Å². The number of hydrogen-bond acceptors (Lipinski definition) is 4. The van der Waals surface area contributed by atoms with Gasteiger partial charge < -0.3 is 9.31 Å². The molecule has 1 N–H and O–H groups in total. The van der Waals surface area contributed by atoms with Crippen molar-refractivity contribution in [2.75, 3.05) is 0 Å². The number of hydrogen-bond donors (Lipinski definition) is 1. The Bertz CT molecular complexity index is 1170. The van der Waals surface area contributed by atoms with Crippen molar-refractivity contribution in [2.45, 2.75) is 99.3 Å². The Morgan fingerprint density at radius 3 is 2.00 bits per heavy atom. The molecular weight excluding hydrogens is 482 g/mol. The normalized spacial score (nSPS) is 17.3. The van der Waals surface area contributed by atoms with Crippen molar-refractivity contribution in [3.8, 4) is 0 Å². The summed E-state index contributed by atoms with van der Waals surface area (Å²) in [6, 6.07) is 9.56. The number of halogens is 1. The molecular formula is C30H42BFN2O4. The molecule has 0 radical (unpaired) electrons. The summed E-state index contributed by atoms with van der Waals surface area (Å²) in [5, 5.41) is 1.43. The van der Waals surface area contributed by atoms with E-state index >= 15 is 4.39 Å². The van der Waals surface area contributed by atoms with Crippen LogP contribution in [0.1, 0.15) is 100 Å². The highest BCUT2D eigenvalue weighted by atomic mass is 19.1. The minimum atomic E-state index is -0.880. The monoisotopic (exact) mass is 524 g/mol. The Kier molecular flexibility index (Phi) is 8.49. The number of rotatable bonds is 6. The lowest BCUT2D eigenvalue weighted by Gasteiger charge is -2.40. The van der Waals surface area contributed by atoms with Crippen LogP contribution in [-0.2, 0) is 9.31 Å². The molecule has 0 bridgehead atoms. The summed E-state index contributed by atoms with van der Waals surface area (Å²) < 4.78 is 27.2. The van der Waals surface area contributed by atoms with Crippen LogP contribution < -0.4 is 10.9 Å². The molecule has 2 amide bonds. The van der Waals surface area contributed by atoms with Crippen LogP contribution in [0.2, 0.25) is 0 Å². The van der Waals surface area contributed by atoms with Gasteiger partial charge in [-0.2, -0.15) is 0 Å². The number of carbonyl (C=O) groups excluding carboxylic acids is 2. The molecule has 6 nitrogen and oxygen atoms in total. The van der Waals surface area contributed by atoms with Gasteiger partial charge in [0.1, 0.15) is 5.82 Å².